The lowest BCUT2D eigenvalue weighted by Crippen LogP contribution is -2.38. The molecular weight excluding hydrogens is 415 g/mol. The summed E-state index contributed by atoms with van der Waals surface area (Å²) in [5.41, 5.74) is 1.19. The number of benzene rings is 2. The Morgan fingerprint density at radius 1 is 1.09 bits per heavy atom. The van der Waals surface area contributed by atoms with E-state index in [-0.39, 0.29) is 5.70 Å². The Kier molecular flexibility index (Phi) is 5.71. The maximum absolute atomic E-state index is 14.2. The van der Waals surface area contributed by atoms with Gasteiger partial charge in [0.15, 0.2) is 0 Å². The van der Waals surface area contributed by atoms with Crippen LogP contribution in [0.1, 0.15) is 5.69 Å². The quantitative estimate of drug-likeness (QED) is 0.461. The van der Waals surface area contributed by atoms with Crippen LogP contribution in [-0.2, 0) is 9.59 Å². The number of nitrogens with one attached hydrogen (secondary N) is 2. The molecule has 1 fully saturated rings. The second-order valence-corrected chi connectivity index (χ2v) is 6.88. The number of methoxy groups -OCH3 is 1. The third kappa shape index (κ3) is 4.08. The molecule has 32 heavy (non-hydrogen) atoms. The highest BCUT2D eigenvalue weighted by Crippen LogP contribution is 2.23. The van der Waals surface area contributed by atoms with E-state index in [4.69, 9.17) is 4.74 Å². The highest BCUT2D eigenvalue weighted by atomic mass is 19.1. The smallest absolute Gasteiger partial charge is 0.329 e. The minimum absolute atomic E-state index is 0.0172. The minimum atomic E-state index is -0.722. The summed E-state index contributed by atoms with van der Waals surface area (Å²) < 4.78 is 20.9. The van der Waals surface area contributed by atoms with Crippen LogP contribution < -0.4 is 15.4 Å². The van der Waals surface area contributed by atoms with Gasteiger partial charge in [-0.3, -0.25) is 9.59 Å². The first-order valence-electron chi connectivity index (χ1n) is 9.67. The molecule has 0 bridgehead atoms. The molecule has 9 heteroatoms. The first-order valence-corrected chi connectivity index (χ1v) is 9.67. The Bertz CT molecular complexity index is 1230. The molecule has 2 heterocycles. The molecule has 162 valence electrons. The number of nitrogens with zero attached hydrogens (tertiary/aromatic N) is 2. The van der Waals surface area contributed by atoms with E-state index in [9.17, 15) is 18.8 Å². The number of hydrogen-bond donors (Lipinski definition) is 2. The van der Waals surface area contributed by atoms with E-state index in [1.807, 2.05) is 0 Å². The van der Waals surface area contributed by atoms with Crippen molar-refractivity contribution in [3.05, 3.63) is 84.1 Å². The number of urea groups is 1. The van der Waals surface area contributed by atoms with E-state index in [0.29, 0.717) is 22.8 Å². The van der Waals surface area contributed by atoms with Gasteiger partial charge in [0.25, 0.3) is 5.91 Å². The van der Waals surface area contributed by atoms with E-state index in [1.54, 1.807) is 65.4 Å². The van der Waals surface area contributed by atoms with E-state index < -0.39 is 30.2 Å². The van der Waals surface area contributed by atoms with Crippen LogP contribution in [0, 0.1) is 5.82 Å². The Morgan fingerprint density at radius 2 is 1.84 bits per heavy atom. The molecular formula is C23H19FN4O4. The standard InChI is InChI=1S/C23H19FN4O4/c1-32-20-11-5-3-9-17(20)25-21(29)14-28-22(30)18(26-23(28)31)13-15-7-6-12-27(15)19-10-4-2-8-16(19)24/h2-13H,14H2,1H3,(H,25,29)(H,26,31). The van der Waals surface area contributed by atoms with Gasteiger partial charge in [-0.05, 0) is 42.5 Å². The topological polar surface area (TPSA) is 92.7 Å². The van der Waals surface area contributed by atoms with Crippen molar-refractivity contribution < 1.29 is 23.5 Å². The van der Waals surface area contributed by atoms with Crippen LogP contribution in [0.4, 0.5) is 14.9 Å². The number of amides is 4. The van der Waals surface area contributed by atoms with Crippen molar-refractivity contribution in [2.45, 2.75) is 0 Å². The molecule has 1 aromatic heterocycles. The number of hydrogen-bond acceptors (Lipinski definition) is 4. The number of carbonyl (C=O) groups is 3. The Labute approximate surface area is 182 Å². The molecule has 0 atom stereocenters. The molecule has 0 radical (unpaired) electrons. The average molecular weight is 434 g/mol. The van der Waals surface area contributed by atoms with Gasteiger partial charge in [-0.2, -0.15) is 0 Å². The maximum Gasteiger partial charge on any atom is 0.329 e. The summed E-state index contributed by atoms with van der Waals surface area (Å²) >= 11 is 0. The van der Waals surface area contributed by atoms with E-state index in [1.165, 1.54) is 19.3 Å². The van der Waals surface area contributed by atoms with E-state index >= 15 is 0 Å². The number of anilines is 1. The highest BCUT2D eigenvalue weighted by Gasteiger charge is 2.35. The van der Waals surface area contributed by atoms with Gasteiger partial charge in [-0.25, -0.2) is 14.1 Å². The Balaban J connectivity index is 1.52. The molecule has 1 aliphatic rings. The fraction of sp³-hybridized carbons (Fsp3) is 0.0870. The second kappa shape index (κ2) is 8.76. The van der Waals surface area contributed by atoms with Gasteiger partial charge in [0.05, 0.1) is 18.5 Å². The van der Waals surface area contributed by atoms with Crippen molar-refractivity contribution in [3.8, 4) is 11.4 Å². The number of aromatic nitrogens is 1. The summed E-state index contributed by atoms with van der Waals surface area (Å²) in [5, 5.41) is 5.09. The van der Waals surface area contributed by atoms with Crippen LogP contribution in [0.5, 0.6) is 5.75 Å². The van der Waals surface area contributed by atoms with Gasteiger partial charge in [0.2, 0.25) is 5.91 Å². The summed E-state index contributed by atoms with van der Waals surface area (Å²) in [6, 6.07) is 15.6. The SMILES string of the molecule is COc1ccccc1NC(=O)CN1C(=O)NC(=Cc2cccn2-c2ccccc2F)C1=O. The number of rotatable bonds is 6. The lowest BCUT2D eigenvalue weighted by Gasteiger charge is -2.13. The van der Waals surface area contributed by atoms with Gasteiger partial charge in [0, 0.05) is 11.9 Å². The third-order valence-corrected chi connectivity index (χ3v) is 4.83. The normalized spacial score (nSPS) is 14.6. The molecule has 3 aromatic rings. The van der Waals surface area contributed by atoms with Gasteiger partial charge in [-0.15, -0.1) is 0 Å². The fourth-order valence-corrected chi connectivity index (χ4v) is 3.32. The van der Waals surface area contributed by atoms with Gasteiger partial charge < -0.3 is 19.9 Å². The molecule has 2 N–H and O–H groups in total. The lowest BCUT2D eigenvalue weighted by atomic mass is 10.2. The zero-order valence-corrected chi connectivity index (χ0v) is 17.0. The predicted octanol–water partition coefficient (Wildman–Crippen LogP) is 3.16. The van der Waals surface area contributed by atoms with Crippen LogP contribution in [0.2, 0.25) is 0 Å². The summed E-state index contributed by atoms with van der Waals surface area (Å²) in [6.07, 6.45) is 3.08. The number of para-hydroxylation sites is 3. The molecule has 8 nitrogen and oxygen atoms in total. The molecule has 0 unspecified atom stereocenters. The summed E-state index contributed by atoms with van der Waals surface area (Å²) in [4.78, 5) is 38.3. The summed E-state index contributed by atoms with van der Waals surface area (Å²) in [5.74, 6) is -1.20. The Hall–Kier alpha value is -4.40. The monoisotopic (exact) mass is 434 g/mol. The first-order chi connectivity index (χ1) is 15.5. The summed E-state index contributed by atoms with van der Waals surface area (Å²) in [7, 11) is 1.47. The Morgan fingerprint density at radius 3 is 2.62 bits per heavy atom. The van der Waals surface area contributed by atoms with Gasteiger partial charge >= 0.3 is 6.03 Å². The summed E-state index contributed by atoms with van der Waals surface area (Å²) in [6.45, 7) is -0.478. The van der Waals surface area contributed by atoms with Crippen LogP contribution in [0.25, 0.3) is 11.8 Å². The minimum Gasteiger partial charge on any atom is -0.495 e. The zero-order valence-electron chi connectivity index (χ0n) is 17.0. The molecule has 2 aromatic carbocycles. The van der Waals surface area contributed by atoms with Crippen LogP contribution in [0.15, 0.2) is 72.6 Å². The maximum atomic E-state index is 14.2. The number of halogens is 1. The third-order valence-electron chi connectivity index (χ3n) is 4.83. The number of carbonyl (C=O) groups excluding carboxylic acids is 3. The molecule has 0 aliphatic carbocycles. The molecule has 4 amide bonds. The highest BCUT2D eigenvalue weighted by molar-refractivity contribution is 6.16. The predicted molar refractivity (Wildman–Crippen MR) is 116 cm³/mol. The largest absolute Gasteiger partial charge is 0.495 e. The fourth-order valence-electron chi connectivity index (χ4n) is 3.32. The van der Waals surface area contributed by atoms with Crippen molar-refractivity contribution >= 4 is 29.6 Å². The molecule has 1 saturated heterocycles. The van der Waals surface area contributed by atoms with E-state index in [0.717, 1.165) is 4.90 Å². The van der Waals surface area contributed by atoms with Gasteiger partial charge in [0.1, 0.15) is 23.8 Å². The average Bonchev–Trinajstić information content (AvgIpc) is 3.34. The number of imide groups is 1. The van der Waals surface area contributed by atoms with Crippen molar-refractivity contribution in [3.63, 3.8) is 0 Å². The van der Waals surface area contributed by atoms with Crippen LogP contribution >= 0.6 is 0 Å². The van der Waals surface area contributed by atoms with Gasteiger partial charge in [-0.1, -0.05) is 24.3 Å². The van der Waals surface area contributed by atoms with Crippen molar-refractivity contribution in [2.24, 2.45) is 0 Å². The zero-order chi connectivity index (χ0) is 22.7. The molecule has 1 aliphatic heterocycles. The molecule has 0 saturated carbocycles. The lowest BCUT2D eigenvalue weighted by molar-refractivity contribution is -0.127. The van der Waals surface area contributed by atoms with Crippen LogP contribution in [0.3, 0.4) is 0 Å². The van der Waals surface area contributed by atoms with Crippen molar-refractivity contribution in [1.82, 2.24) is 14.8 Å². The second-order valence-electron chi connectivity index (χ2n) is 6.88. The van der Waals surface area contributed by atoms with Crippen molar-refractivity contribution in [1.29, 1.82) is 0 Å². The molecule has 0 spiro atoms. The number of ether oxygens (including phenoxy) is 1. The first kappa shape index (κ1) is 20.9. The van der Waals surface area contributed by atoms with E-state index in [2.05, 4.69) is 10.6 Å². The van der Waals surface area contributed by atoms with Crippen molar-refractivity contribution in [2.75, 3.05) is 19.0 Å². The van der Waals surface area contributed by atoms with Crippen LogP contribution in [-0.4, -0.2) is 41.0 Å². The molecule has 4 rings (SSSR count).